The highest BCUT2D eigenvalue weighted by Gasteiger charge is 2.16. The highest BCUT2D eigenvalue weighted by Crippen LogP contribution is 2.36. The Morgan fingerprint density at radius 1 is 0.484 bits per heavy atom. The summed E-state index contributed by atoms with van der Waals surface area (Å²) in [4.78, 5) is 25.2. The van der Waals surface area contributed by atoms with Gasteiger partial charge in [-0.1, -0.05) is 158 Å². The first-order valence-electron chi connectivity index (χ1n) is 20.8. The molecule has 0 radical (unpaired) electrons. The van der Waals surface area contributed by atoms with Crippen LogP contribution >= 0.6 is 0 Å². The second-order valence-electron chi connectivity index (χ2n) is 15.4. The van der Waals surface area contributed by atoms with E-state index in [-0.39, 0.29) is 0 Å². The van der Waals surface area contributed by atoms with Crippen LogP contribution in [0.15, 0.2) is 207 Å². The standard InChI is InChI=1S/C57H41N5/c1-4-5-7-14-37(2)50-35-52(60-56-49(50)30-29-42-24-23-38(3)59-55(42)56)41-27-25-39(26-28-41)43-17-12-20-46(33-43)57-61-53(40-15-8-6-9-16-40)36-54(62-57)45-19-13-18-44(34-45)47-31-32-58-51-22-11-10-21-48(47)51/h4-36H,2H2,1,3H3/b5-4-,14-7-. The summed E-state index contributed by atoms with van der Waals surface area (Å²) in [5, 5.41) is 3.20. The van der Waals surface area contributed by atoms with Crippen molar-refractivity contribution in [3.05, 3.63) is 218 Å². The molecule has 0 bridgehead atoms. The molecule has 0 fully saturated rings. The first kappa shape index (κ1) is 38.1. The number of hydrogen-bond donors (Lipinski definition) is 0. The average Bonchev–Trinajstić information content (AvgIpc) is 3.33. The third-order valence-corrected chi connectivity index (χ3v) is 11.3. The molecule has 0 saturated heterocycles. The first-order chi connectivity index (χ1) is 30.5. The fourth-order valence-electron chi connectivity index (χ4n) is 8.10. The summed E-state index contributed by atoms with van der Waals surface area (Å²) in [6, 6.07) is 59.0. The van der Waals surface area contributed by atoms with Crippen LogP contribution in [0.5, 0.6) is 0 Å². The maximum Gasteiger partial charge on any atom is 0.160 e. The molecule has 0 atom stereocenters. The number of allylic oxidation sites excluding steroid dienone is 5. The van der Waals surface area contributed by atoms with Gasteiger partial charge in [0.15, 0.2) is 5.82 Å². The Morgan fingerprint density at radius 3 is 1.98 bits per heavy atom. The maximum absolute atomic E-state index is 5.25. The van der Waals surface area contributed by atoms with Crippen LogP contribution in [0, 0.1) is 6.92 Å². The van der Waals surface area contributed by atoms with Gasteiger partial charge in [-0.25, -0.2) is 15.0 Å². The summed E-state index contributed by atoms with van der Waals surface area (Å²) in [6.45, 7) is 8.48. The van der Waals surface area contributed by atoms with E-state index < -0.39 is 0 Å². The normalized spacial score (nSPS) is 11.6. The molecular weight excluding hydrogens is 755 g/mol. The first-order valence-corrected chi connectivity index (χ1v) is 20.8. The van der Waals surface area contributed by atoms with E-state index >= 15 is 0 Å². The van der Waals surface area contributed by atoms with Gasteiger partial charge in [0, 0.05) is 50.3 Å². The molecular formula is C57H41N5. The van der Waals surface area contributed by atoms with Crippen molar-refractivity contribution in [1.82, 2.24) is 24.9 Å². The van der Waals surface area contributed by atoms with E-state index in [0.717, 1.165) is 111 Å². The van der Waals surface area contributed by atoms with Crippen molar-refractivity contribution < 1.29 is 0 Å². The van der Waals surface area contributed by atoms with Crippen LogP contribution in [0.1, 0.15) is 18.2 Å². The third-order valence-electron chi connectivity index (χ3n) is 11.3. The maximum atomic E-state index is 5.25. The number of rotatable bonds is 9. The van der Waals surface area contributed by atoms with Gasteiger partial charge in [-0.3, -0.25) is 9.97 Å². The monoisotopic (exact) mass is 795 g/mol. The van der Waals surface area contributed by atoms with Gasteiger partial charge < -0.3 is 0 Å². The van der Waals surface area contributed by atoms with Gasteiger partial charge in [0.1, 0.15) is 0 Å². The number of aryl methyl sites for hydroxylation is 1. The van der Waals surface area contributed by atoms with Gasteiger partial charge in [-0.2, -0.15) is 0 Å². The van der Waals surface area contributed by atoms with Crippen molar-refractivity contribution in [2.75, 3.05) is 0 Å². The van der Waals surface area contributed by atoms with Crippen LogP contribution in [0.25, 0.3) is 106 Å². The number of benzene rings is 6. The molecule has 0 saturated carbocycles. The van der Waals surface area contributed by atoms with Crippen molar-refractivity contribution in [2.45, 2.75) is 13.8 Å². The lowest BCUT2D eigenvalue weighted by Crippen LogP contribution is -1.96. The molecule has 10 aromatic rings. The lowest BCUT2D eigenvalue weighted by molar-refractivity contribution is 1.18. The van der Waals surface area contributed by atoms with Crippen molar-refractivity contribution >= 4 is 38.3 Å². The van der Waals surface area contributed by atoms with Crippen molar-refractivity contribution in [3.63, 3.8) is 0 Å². The van der Waals surface area contributed by atoms with Crippen LogP contribution in [-0.2, 0) is 0 Å². The van der Waals surface area contributed by atoms with Crippen LogP contribution in [-0.4, -0.2) is 24.9 Å². The lowest BCUT2D eigenvalue weighted by atomic mass is 9.96. The molecule has 4 aromatic heterocycles. The Balaban J connectivity index is 1.03. The molecule has 5 nitrogen and oxygen atoms in total. The van der Waals surface area contributed by atoms with Gasteiger partial charge in [0.2, 0.25) is 0 Å². The summed E-state index contributed by atoms with van der Waals surface area (Å²) < 4.78 is 0. The molecule has 0 aliphatic rings. The zero-order valence-corrected chi connectivity index (χ0v) is 34.5. The van der Waals surface area contributed by atoms with Crippen LogP contribution in [0.2, 0.25) is 0 Å². The predicted molar refractivity (Wildman–Crippen MR) is 258 cm³/mol. The molecule has 0 aliphatic carbocycles. The Labute approximate surface area is 361 Å². The van der Waals surface area contributed by atoms with Crippen molar-refractivity contribution in [3.8, 4) is 67.4 Å². The summed E-state index contributed by atoms with van der Waals surface area (Å²) >= 11 is 0. The van der Waals surface area contributed by atoms with E-state index in [1.807, 2.05) is 74.7 Å². The fraction of sp³-hybridized carbons (Fsp3) is 0.0351. The Kier molecular flexibility index (Phi) is 10.1. The number of fused-ring (bicyclic) bond motifs is 4. The molecule has 294 valence electrons. The molecule has 0 spiro atoms. The highest BCUT2D eigenvalue weighted by molar-refractivity contribution is 6.08. The zero-order chi connectivity index (χ0) is 42.0. The van der Waals surface area contributed by atoms with Gasteiger partial charge in [-0.15, -0.1) is 0 Å². The zero-order valence-electron chi connectivity index (χ0n) is 34.5. The Morgan fingerprint density at radius 2 is 1.15 bits per heavy atom. The average molecular weight is 796 g/mol. The van der Waals surface area contributed by atoms with E-state index in [4.69, 9.17) is 19.9 Å². The molecule has 0 N–H and O–H groups in total. The smallest absolute Gasteiger partial charge is 0.160 e. The van der Waals surface area contributed by atoms with Crippen molar-refractivity contribution in [1.29, 1.82) is 0 Å². The quantitative estimate of drug-likeness (QED) is 0.108. The predicted octanol–water partition coefficient (Wildman–Crippen LogP) is 14.6. The highest BCUT2D eigenvalue weighted by atomic mass is 14.9. The largest absolute Gasteiger partial charge is 0.256 e. The van der Waals surface area contributed by atoms with E-state index in [1.54, 1.807) is 0 Å². The molecule has 6 aromatic carbocycles. The number of aromatic nitrogens is 5. The Bertz CT molecular complexity index is 3380. The number of para-hydroxylation sites is 1. The van der Waals surface area contributed by atoms with Gasteiger partial charge >= 0.3 is 0 Å². The van der Waals surface area contributed by atoms with E-state index in [0.29, 0.717) is 5.82 Å². The van der Waals surface area contributed by atoms with Gasteiger partial charge in [0.25, 0.3) is 0 Å². The molecule has 4 heterocycles. The van der Waals surface area contributed by atoms with Gasteiger partial charge in [0.05, 0.1) is 33.6 Å². The third kappa shape index (κ3) is 7.48. The SMILES string of the molecule is C=C(/C=C\C=C/C)c1cc(-c2ccc(-c3cccc(-c4nc(-c5ccccc5)cc(-c5cccc(-c6ccnc7ccccc67)c5)n4)c3)cc2)nc2c1ccc1ccc(C)nc12. The summed E-state index contributed by atoms with van der Waals surface area (Å²) in [7, 11) is 0. The van der Waals surface area contributed by atoms with E-state index in [1.165, 1.54) is 0 Å². The van der Waals surface area contributed by atoms with Crippen LogP contribution < -0.4 is 0 Å². The topological polar surface area (TPSA) is 64.5 Å². The Hall–Kier alpha value is -8.15. The second-order valence-corrected chi connectivity index (χ2v) is 15.4. The minimum atomic E-state index is 0.659. The second kappa shape index (κ2) is 16.5. The molecule has 10 rings (SSSR count). The molecule has 0 unspecified atom stereocenters. The molecule has 5 heteroatoms. The van der Waals surface area contributed by atoms with E-state index in [2.05, 4.69) is 151 Å². The number of pyridine rings is 3. The molecule has 0 amide bonds. The summed E-state index contributed by atoms with van der Waals surface area (Å²) in [5.41, 5.74) is 16.6. The fourth-order valence-corrected chi connectivity index (χ4v) is 8.10. The number of hydrogen-bond acceptors (Lipinski definition) is 5. The summed E-state index contributed by atoms with van der Waals surface area (Å²) in [5.74, 6) is 0.659. The van der Waals surface area contributed by atoms with Crippen LogP contribution in [0.4, 0.5) is 0 Å². The van der Waals surface area contributed by atoms with Gasteiger partial charge in [-0.05, 0) is 89.7 Å². The minimum absolute atomic E-state index is 0.659. The molecule has 62 heavy (non-hydrogen) atoms. The van der Waals surface area contributed by atoms with Crippen LogP contribution in [0.3, 0.4) is 0 Å². The minimum Gasteiger partial charge on any atom is -0.256 e. The number of nitrogens with zero attached hydrogens (tertiary/aromatic N) is 5. The van der Waals surface area contributed by atoms with Crippen molar-refractivity contribution in [2.24, 2.45) is 0 Å². The molecule has 0 aliphatic heterocycles. The lowest BCUT2D eigenvalue weighted by Gasteiger charge is -2.13. The van der Waals surface area contributed by atoms with E-state index in [9.17, 15) is 0 Å². The summed E-state index contributed by atoms with van der Waals surface area (Å²) in [6.07, 6.45) is 9.97.